The van der Waals surface area contributed by atoms with Gasteiger partial charge in [0, 0.05) is 12.7 Å². The van der Waals surface area contributed by atoms with Gasteiger partial charge in [0.1, 0.15) is 4.90 Å². The van der Waals surface area contributed by atoms with E-state index in [1.54, 1.807) is 0 Å². The summed E-state index contributed by atoms with van der Waals surface area (Å²) in [6, 6.07) is 0. The maximum atomic E-state index is 11.7. The lowest BCUT2D eigenvalue weighted by molar-refractivity contribution is 0.134. The van der Waals surface area contributed by atoms with Crippen molar-refractivity contribution in [3.8, 4) is 0 Å². The summed E-state index contributed by atoms with van der Waals surface area (Å²) in [6.45, 7) is 0.286. The first-order valence-electron chi connectivity index (χ1n) is 5.26. The van der Waals surface area contributed by atoms with Gasteiger partial charge in [0.15, 0.2) is 0 Å². The predicted molar refractivity (Wildman–Crippen MR) is 57.1 cm³/mol. The van der Waals surface area contributed by atoms with E-state index in [1.807, 2.05) is 0 Å². The molecule has 1 aliphatic carbocycles. The molecular weight excluding hydrogens is 230 g/mol. The molecule has 1 aromatic heterocycles. The second-order valence-corrected chi connectivity index (χ2v) is 5.81. The first-order valence-corrected chi connectivity index (χ1v) is 6.74. The molecule has 1 saturated carbocycles. The molecule has 1 aromatic rings. The van der Waals surface area contributed by atoms with E-state index in [-0.39, 0.29) is 23.5 Å². The maximum Gasteiger partial charge on any atom is 0.243 e. The van der Waals surface area contributed by atoms with Crippen LogP contribution in [-0.2, 0) is 10.0 Å². The summed E-state index contributed by atoms with van der Waals surface area (Å²) in [7, 11) is -3.48. The molecular formula is C9H15N3O3S. The molecule has 0 radical (unpaired) electrons. The van der Waals surface area contributed by atoms with Gasteiger partial charge in [0.25, 0.3) is 0 Å². The minimum absolute atomic E-state index is 0.0293. The fourth-order valence-electron chi connectivity index (χ4n) is 1.94. The number of hydrogen-bond donors (Lipinski definition) is 3. The van der Waals surface area contributed by atoms with E-state index >= 15 is 0 Å². The van der Waals surface area contributed by atoms with E-state index in [9.17, 15) is 13.5 Å². The summed E-state index contributed by atoms with van der Waals surface area (Å²) in [4.78, 5) is 0.125. The van der Waals surface area contributed by atoms with Gasteiger partial charge in [0.2, 0.25) is 10.0 Å². The third-order valence-electron chi connectivity index (χ3n) is 2.94. The zero-order valence-electron chi connectivity index (χ0n) is 8.76. The van der Waals surface area contributed by atoms with Crippen LogP contribution in [0.4, 0.5) is 0 Å². The first-order chi connectivity index (χ1) is 7.59. The smallest absolute Gasteiger partial charge is 0.243 e. The Morgan fingerprint density at radius 3 is 2.94 bits per heavy atom. The largest absolute Gasteiger partial charge is 0.393 e. The van der Waals surface area contributed by atoms with Crippen LogP contribution in [0.15, 0.2) is 17.3 Å². The third kappa shape index (κ3) is 2.42. The molecule has 1 aliphatic rings. The zero-order chi connectivity index (χ0) is 11.6. The summed E-state index contributed by atoms with van der Waals surface area (Å²) in [5.41, 5.74) is 0. The summed E-state index contributed by atoms with van der Waals surface area (Å²) in [5, 5.41) is 15.6. The highest BCUT2D eigenvalue weighted by Gasteiger charge is 2.27. The third-order valence-corrected chi connectivity index (χ3v) is 4.33. The number of nitrogens with zero attached hydrogens (tertiary/aromatic N) is 1. The Labute approximate surface area is 94.1 Å². The van der Waals surface area contributed by atoms with Crippen LogP contribution in [0.5, 0.6) is 0 Å². The van der Waals surface area contributed by atoms with Crippen molar-refractivity contribution in [1.29, 1.82) is 0 Å². The second-order valence-electron chi connectivity index (χ2n) is 4.04. The van der Waals surface area contributed by atoms with Gasteiger partial charge in [0.05, 0.1) is 12.3 Å². The number of rotatable bonds is 4. The number of aliphatic hydroxyl groups is 1. The molecule has 0 saturated heterocycles. The van der Waals surface area contributed by atoms with Crippen LogP contribution in [0.25, 0.3) is 0 Å². The summed E-state index contributed by atoms with van der Waals surface area (Å²) >= 11 is 0. The number of aliphatic hydroxyl groups excluding tert-OH is 1. The Morgan fingerprint density at radius 1 is 1.56 bits per heavy atom. The molecule has 0 spiro atoms. The molecule has 0 aliphatic heterocycles. The Balaban J connectivity index is 1.95. The van der Waals surface area contributed by atoms with Gasteiger partial charge in [-0.3, -0.25) is 5.10 Å². The highest BCUT2D eigenvalue weighted by molar-refractivity contribution is 7.89. The summed E-state index contributed by atoms with van der Waals surface area (Å²) < 4.78 is 25.9. The lowest BCUT2D eigenvalue weighted by Gasteiger charge is -2.14. The monoisotopic (exact) mass is 245 g/mol. The minimum atomic E-state index is -3.48. The van der Waals surface area contributed by atoms with Crippen LogP contribution in [0.1, 0.15) is 19.3 Å². The van der Waals surface area contributed by atoms with Crippen molar-refractivity contribution >= 4 is 10.0 Å². The van der Waals surface area contributed by atoms with Gasteiger partial charge in [-0.1, -0.05) is 6.42 Å². The van der Waals surface area contributed by atoms with Gasteiger partial charge in [-0.05, 0) is 18.8 Å². The Morgan fingerprint density at radius 2 is 2.38 bits per heavy atom. The number of aromatic amines is 1. The minimum Gasteiger partial charge on any atom is -0.393 e. The van der Waals surface area contributed by atoms with E-state index in [4.69, 9.17) is 0 Å². The average Bonchev–Trinajstić information content (AvgIpc) is 2.85. The number of nitrogens with one attached hydrogen (secondary N) is 2. The highest BCUT2D eigenvalue weighted by Crippen LogP contribution is 2.25. The lowest BCUT2D eigenvalue weighted by atomic mass is 10.1. The molecule has 0 bridgehead atoms. The van der Waals surface area contributed by atoms with Gasteiger partial charge >= 0.3 is 0 Å². The van der Waals surface area contributed by atoms with Crippen molar-refractivity contribution in [3.05, 3.63) is 12.4 Å². The van der Waals surface area contributed by atoms with Crippen molar-refractivity contribution in [1.82, 2.24) is 14.9 Å². The molecule has 0 amide bonds. The molecule has 3 N–H and O–H groups in total. The number of aromatic nitrogens is 2. The molecule has 1 heterocycles. The quantitative estimate of drug-likeness (QED) is 0.687. The predicted octanol–water partition coefficient (Wildman–Crippen LogP) is -0.151. The van der Waals surface area contributed by atoms with Crippen LogP contribution in [0.2, 0.25) is 0 Å². The molecule has 2 unspecified atom stereocenters. The van der Waals surface area contributed by atoms with Crippen molar-refractivity contribution in [2.45, 2.75) is 30.3 Å². The molecule has 6 nitrogen and oxygen atoms in total. The normalized spacial score (nSPS) is 26.1. The maximum absolute atomic E-state index is 11.7. The van der Waals surface area contributed by atoms with Crippen molar-refractivity contribution in [2.24, 2.45) is 5.92 Å². The van der Waals surface area contributed by atoms with Gasteiger partial charge < -0.3 is 5.11 Å². The Bertz CT molecular complexity index is 429. The van der Waals surface area contributed by atoms with Gasteiger partial charge in [-0.25, -0.2) is 13.1 Å². The van der Waals surface area contributed by atoms with Crippen molar-refractivity contribution in [3.63, 3.8) is 0 Å². The molecule has 16 heavy (non-hydrogen) atoms. The molecule has 90 valence electrons. The lowest BCUT2D eigenvalue weighted by Crippen LogP contribution is -2.32. The zero-order valence-corrected chi connectivity index (χ0v) is 9.57. The first kappa shape index (κ1) is 11.6. The Kier molecular flexibility index (Phi) is 3.27. The number of sulfonamides is 1. The summed E-state index contributed by atoms with van der Waals surface area (Å²) in [6.07, 6.45) is 4.79. The van der Waals surface area contributed by atoms with E-state index in [1.165, 1.54) is 12.4 Å². The molecule has 2 atom stereocenters. The fraction of sp³-hybridized carbons (Fsp3) is 0.667. The van der Waals surface area contributed by atoms with Crippen LogP contribution < -0.4 is 4.72 Å². The molecule has 7 heteroatoms. The average molecular weight is 245 g/mol. The van der Waals surface area contributed by atoms with Crippen LogP contribution >= 0.6 is 0 Å². The van der Waals surface area contributed by atoms with E-state index in [2.05, 4.69) is 14.9 Å². The van der Waals surface area contributed by atoms with Gasteiger partial charge in [-0.2, -0.15) is 5.10 Å². The molecule has 2 rings (SSSR count). The highest BCUT2D eigenvalue weighted by atomic mass is 32.2. The number of H-pyrrole nitrogens is 1. The van der Waals surface area contributed by atoms with Crippen LogP contribution in [0, 0.1) is 5.92 Å². The van der Waals surface area contributed by atoms with Crippen LogP contribution in [-0.4, -0.2) is 36.4 Å². The molecule has 1 fully saturated rings. The Hall–Kier alpha value is -0.920. The fourth-order valence-corrected chi connectivity index (χ4v) is 2.94. The van der Waals surface area contributed by atoms with Crippen molar-refractivity contribution < 1.29 is 13.5 Å². The van der Waals surface area contributed by atoms with E-state index < -0.39 is 10.0 Å². The standard InChI is InChI=1S/C9H15N3O3S/c13-9-3-1-2-7(9)4-12-16(14,15)8-5-10-11-6-8/h5-7,9,12-13H,1-4H2,(H,10,11). The van der Waals surface area contributed by atoms with Crippen molar-refractivity contribution in [2.75, 3.05) is 6.54 Å². The second kappa shape index (κ2) is 4.52. The number of hydrogen-bond acceptors (Lipinski definition) is 4. The van der Waals surface area contributed by atoms with E-state index in [0.717, 1.165) is 19.3 Å². The van der Waals surface area contributed by atoms with Crippen LogP contribution in [0.3, 0.4) is 0 Å². The van der Waals surface area contributed by atoms with Gasteiger partial charge in [-0.15, -0.1) is 0 Å². The van der Waals surface area contributed by atoms with E-state index in [0.29, 0.717) is 0 Å². The SMILES string of the molecule is O=S(=O)(NCC1CCCC1O)c1cn[nH]c1. The molecule has 0 aromatic carbocycles. The summed E-state index contributed by atoms with van der Waals surface area (Å²) in [5.74, 6) is 0.0293. The topological polar surface area (TPSA) is 95.1 Å².